The van der Waals surface area contributed by atoms with E-state index in [0.29, 0.717) is 5.41 Å². The molecule has 1 aliphatic rings. The molecule has 3 nitrogen and oxygen atoms in total. The summed E-state index contributed by atoms with van der Waals surface area (Å²) >= 11 is 0. The second kappa shape index (κ2) is 4.92. The van der Waals surface area contributed by atoms with Gasteiger partial charge in [-0.25, -0.2) is 8.57 Å². The van der Waals surface area contributed by atoms with Gasteiger partial charge in [0.25, 0.3) is 0 Å². The van der Waals surface area contributed by atoms with Crippen LogP contribution in [0, 0.1) is 5.41 Å². The van der Waals surface area contributed by atoms with E-state index in [4.69, 9.17) is 0 Å². The van der Waals surface area contributed by atoms with Gasteiger partial charge in [0.2, 0.25) is 0 Å². The van der Waals surface area contributed by atoms with Gasteiger partial charge in [-0.15, -0.1) is 0 Å². The van der Waals surface area contributed by atoms with Crippen LogP contribution < -0.4 is 5.32 Å². The topological polar surface area (TPSA) is 41.5 Å². The predicted molar refractivity (Wildman–Crippen MR) is 77.6 cm³/mol. The van der Waals surface area contributed by atoms with E-state index in [-0.39, 0.29) is 0 Å². The van der Waals surface area contributed by atoms with E-state index in [1.54, 1.807) is 13.3 Å². The average molecular weight is 266 g/mol. The van der Waals surface area contributed by atoms with Crippen LogP contribution in [0.1, 0.15) is 26.2 Å². The van der Waals surface area contributed by atoms with Crippen LogP contribution in [-0.4, -0.2) is 24.1 Å². The summed E-state index contributed by atoms with van der Waals surface area (Å²) in [6, 6.07) is 7.78. The predicted octanol–water partition coefficient (Wildman–Crippen LogP) is 3.38. The fourth-order valence-corrected chi connectivity index (χ4v) is 2.81. The molecule has 1 aromatic carbocycles. The second-order valence-corrected chi connectivity index (χ2v) is 7.94. The van der Waals surface area contributed by atoms with Crippen molar-refractivity contribution in [2.45, 2.75) is 31.1 Å². The Hall–Kier alpha value is -1.03. The van der Waals surface area contributed by atoms with Crippen LogP contribution in [0.5, 0.6) is 0 Å². The largest absolute Gasteiger partial charge is 0.385 e. The fourth-order valence-electron chi connectivity index (χ4n) is 1.92. The maximum atomic E-state index is 12.2. The molecule has 0 radical (unpaired) electrons. The highest BCUT2D eigenvalue weighted by atomic mass is 32.2. The molecule has 100 valence electrons. The van der Waals surface area contributed by atoms with Crippen molar-refractivity contribution >= 4 is 15.4 Å². The summed E-state index contributed by atoms with van der Waals surface area (Å²) in [5, 5.41) is 3.41. The van der Waals surface area contributed by atoms with E-state index in [1.165, 1.54) is 19.3 Å². The molecular formula is C14H22N2OS. The zero-order chi connectivity index (χ0) is 13.2. The molecule has 0 heterocycles. The van der Waals surface area contributed by atoms with Gasteiger partial charge in [-0.05, 0) is 42.9 Å². The fraction of sp³-hybridized carbons (Fsp3) is 0.571. The first kappa shape index (κ1) is 13.4. The molecule has 0 aromatic heterocycles. The molecule has 1 fully saturated rings. The molecule has 1 aromatic rings. The SMILES string of the molecule is CN=S(C)(=O)c1cccc(NCCC2(C)CC2)c1. The lowest BCUT2D eigenvalue weighted by atomic mass is 10.1. The van der Waals surface area contributed by atoms with Crippen molar-refractivity contribution < 1.29 is 4.21 Å². The summed E-state index contributed by atoms with van der Waals surface area (Å²) in [4.78, 5) is 0.799. The van der Waals surface area contributed by atoms with Crippen LogP contribution >= 0.6 is 0 Å². The molecule has 2 rings (SSSR count). The lowest BCUT2D eigenvalue weighted by molar-refractivity contribution is 0.536. The lowest BCUT2D eigenvalue weighted by Crippen LogP contribution is -2.07. The van der Waals surface area contributed by atoms with E-state index in [2.05, 4.69) is 16.6 Å². The highest BCUT2D eigenvalue weighted by Crippen LogP contribution is 2.47. The van der Waals surface area contributed by atoms with Gasteiger partial charge in [-0.1, -0.05) is 13.0 Å². The minimum atomic E-state index is -2.23. The molecule has 4 heteroatoms. The van der Waals surface area contributed by atoms with Gasteiger partial charge in [0.15, 0.2) is 0 Å². The summed E-state index contributed by atoms with van der Waals surface area (Å²) in [5.41, 5.74) is 1.61. The Morgan fingerprint density at radius 3 is 2.78 bits per heavy atom. The number of benzene rings is 1. The van der Waals surface area contributed by atoms with Crippen molar-refractivity contribution in [2.24, 2.45) is 9.78 Å². The number of nitrogens with one attached hydrogen (secondary N) is 1. The van der Waals surface area contributed by atoms with E-state index in [1.807, 2.05) is 24.3 Å². The molecule has 0 bridgehead atoms. The van der Waals surface area contributed by atoms with Crippen molar-refractivity contribution in [3.63, 3.8) is 0 Å². The van der Waals surface area contributed by atoms with Crippen LogP contribution in [0.4, 0.5) is 5.69 Å². The van der Waals surface area contributed by atoms with E-state index in [0.717, 1.165) is 17.1 Å². The molecule has 1 saturated carbocycles. The number of nitrogens with zero attached hydrogens (tertiary/aromatic N) is 1. The van der Waals surface area contributed by atoms with Gasteiger partial charge >= 0.3 is 0 Å². The number of hydrogen-bond donors (Lipinski definition) is 1. The third-order valence-corrected chi connectivity index (χ3v) is 5.61. The third kappa shape index (κ3) is 3.25. The minimum Gasteiger partial charge on any atom is -0.385 e. The van der Waals surface area contributed by atoms with Crippen LogP contribution in [0.2, 0.25) is 0 Å². The zero-order valence-corrected chi connectivity index (χ0v) is 12.2. The van der Waals surface area contributed by atoms with Crippen molar-refractivity contribution in [3.05, 3.63) is 24.3 Å². The molecular weight excluding hydrogens is 244 g/mol. The Labute approximate surface area is 110 Å². The summed E-state index contributed by atoms with van der Waals surface area (Å²) in [5.74, 6) is 0. The Bertz CT molecular complexity index is 540. The third-order valence-electron chi connectivity index (χ3n) is 3.78. The molecule has 1 N–H and O–H groups in total. The summed E-state index contributed by atoms with van der Waals surface area (Å²) in [6.45, 7) is 3.31. The second-order valence-electron chi connectivity index (χ2n) is 5.50. The van der Waals surface area contributed by atoms with Crippen molar-refractivity contribution in [1.29, 1.82) is 0 Å². The van der Waals surface area contributed by atoms with E-state index in [9.17, 15) is 4.21 Å². The maximum absolute atomic E-state index is 12.2. The van der Waals surface area contributed by atoms with E-state index >= 15 is 0 Å². The first-order valence-electron chi connectivity index (χ1n) is 6.39. The molecule has 0 saturated heterocycles. The number of anilines is 1. The lowest BCUT2D eigenvalue weighted by Gasteiger charge is -2.11. The van der Waals surface area contributed by atoms with Crippen LogP contribution in [-0.2, 0) is 9.73 Å². The van der Waals surface area contributed by atoms with Crippen LogP contribution in [0.15, 0.2) is 33.5 Å². The maximum Gasteiger partial charge on any atom is 0.0721 e. The summed E-state index contributed by atoms with van der Waals surface area (Å²) < 4.78 is 16.1. The van der Waals surface area contributed by atoms with Gasteiger partial charge < -0.3 is 5.32 Å². The Morgan fingerprint density at radius 1 is 1.44 bits per heavy atom. The minimum absolute atomic E-state index is 0.571. The average Bonchev–Trinajstić information content (AvgIpc) is 3.08. The van der Waals surface area contributed by atoms with Crippen molar-refractivity contribution in [1.82, 2.24) is 0 Å². The van der Waals surface area contributed by atoms with Gasteiger partial charge in [0.05, 0.1) is 9.73 Å². The van der Waals surface area contributed by atoms with Gasteiger partial charge in [-0.3, -0.25) is 0 Å². The normalized spacial score (nSPS) is 19.9. The molecule has 0 amide bonds. The molecule has 1 atom stereocenters. The molecule has 18 heavy (non-hydrogen) atoms. The monoisotopic (exact) mass is 266 g/mol. The van der Waals surface area contributed by atoms with Crippen LogP contribution in [0.3, 0.4) is 0 Å². The Morgan fingerprint density at radius 2 is 2.17 bits per heavy atom. The van der Waals surface area contributed by atoms with Crippen molar-refractivity contribution in [3.8, 4) is 0 Å². The van der Waals surface area contributed by atoms with Gasteiger partial charge in [0, 0.05) is 30.4 Å². The molecule has 0 aliphatic heterocycles. The summed E-state index contributed by atoms with van der Waals surface area (Å²) in [6.07, 6.45) is 5.59. The first-order valence-corrected chi connectivity index (χ1v) is 8.32. The summed E-state index contributed by atoms with van der Waals surface area (Å²) in [7, 11) is -0.619. The molecule has 1 unspecified atom stereocenters. The molecule has 0 spiro atoms. The highest BCUT2D eigenvalue weighted by molar-refractivity contribution is 7.93. The quantitative estimate of drug-likeness (QED) is 0.887. The first-order chi connectivity index (χ1) is 8.45. The highest BCUT2D eigenvalue weighted by Gasteiger charge is 2.36. The Balaban J connectivity index is 2.01. The smallest absolute Gasteiger partial charge is 0.0721 e. The van der Waals surface area contributed by atoms with Gasteiger partial charge in [-0.2, -0.15) is 0 Å². The van der Waals surface area contributed by atoms with Crippen molar-refractivity contribution in [2.75, 3.05) is 25.2 Å². The van der Waals surface area contributed by atoms with Crippen LogP contribution in [0.25, 0.3) is 0 Å². The standard InChI is InChI=1S/C14H22N2OS/c1-14(7-8-14)9-10-16-12-5-4-6-13(11-12)18(3,17)15-2/h4-6,11,16H,7-10H2,1-3H3. The Kier molecular flexibility index (Phi) is 3.66. The number of hydrogen-bond acceptors (Lipinski definition) is 3. The van der Waals surface area contributed by atoms with E-state index < -0.39 is 9.73 Å². The number of rotatable bonds is 5. The zero-order valence-electron chi connectivity index (χ0n) is 11.4. The van der Waals surface area contributed by atoms with Gasteiger partial charge in [0.1, 0.15) is 0 Å². The molecule has 1 aliphatic carbocycles.